The highest BCUT2D eigenvalue weighted by Gasteiger charge is 2.37. The second-order valence-corrected chi connectivity index (χ2v) is 7.89. The quantitative estimate of drug-likeness (QED) is 0.832. The second-order valence-electron chi connectivity index (χ2n) is 5.54. The molecule has 0 aliphatic carbocycles. The Hall–Kier alpha value is -1.22. The fourth-order valence-electron chi connectivity index (χ4n) is 2.14. The van der Waals surface area contributed by atoms with Gasteiger partial charge in [-0.2, -0.15) is 5.10 Å². The summed E-state index contributed by atoms with van der Waals surface area (Å²) in [6.45, 7) is 5.15. The molecule has 1 aliphatic rings. The van der Waals surface area contributed by atoms with Gasteiger partial charge in [-0.25, -0.2) is 17.2 Å². The highest BCUT2D eigenvalue weighted by Crippen LogP contribution is 2.32. The highest BCUT2D eigenvalue weighted by atomic mass is 35.5. The van der Waals surface area contributed by atoms with E-state index in [0.717, 1.165) is 4.68 Å². The van der Waals surface area contributed by atoms with Crippen LogP contribution in [-0.4, -0.2) is 28.8 Å². The van der Waals surface area contributed by atoms with E-state index in [2.05, 4.69) is 10.3 Å². The van der Waals surface area contributed by atoms with Crippen molar-refractivity contribution in [3.8, 4) is 0 Å². The lowest BCUT2D eigenvalue weighted by molar-refractivity contribution is 0.0123. The standard InChI is InChI=1S/C12H16ClF2N3O3S/c1-4-18-9(11(14)15)7(10(13)16-18)6-22(19,20)8-5-12(2,3)21-17-8/h11H,4-6H2,1-3H3. The minimum atomic E-state index is -3.90. The predicted octanol–water partition coefficient (Wildman–Crippen LogP) is 2.92. The lowest BCUT2D eigenvalue weighted by atomic mass is 10.1. The van der Waals surface area contributed by atoms with E-state index in [1.165, 1.54) is 0 Å². The van der Waals surface area contributed by atoms with Crippen LogP contribution in [0.5, 0.6) is 0 Å². The van der Waals surface area contributed by atoms with Gasteiger partial charge >= 0.3 is 0 Å². The van der Waals surface area contributed by atoms with Crippen molar-refractivity contribution in [2.45, 2.75) is 51.5 Å². The van der Waals surface area contributed by atoms with Crippen LogP contribution in [0.25, 0.3) is 0 Å². The maximum atomic E-state index is 13.2. The lowest BCUT2D eigenvalue weighted by Gasteiger charge is -2.13. The van der Waals surface area contributed by atoms with Crippen LogP contribution in [0.2, 0.25) is 5.15 Å². The normalized spacial score (nSPS) is 17.7. The molecule has 0 bridgehead atoms. The molecule has 0 saturated heterocycles. The molecule has 2 rings (SSSR count). The minimum absolute atomic E-state index is 0.0822. The summed E-state index contributed by atoms with van der Waals surface area (Å²) in [5, 5.41) is 6.91. The average Bonchev–Trinajstić information content (AvgIpc) is 2.90. The maximum absolute atomic E-state index is 13.2. The smallest absolute Gasteiger partial charge is 0.280 e. The van der Waals surface area contributed by atoms with Gasteiger partial charge in [0.1, 0.15) is 11.3 Å². The molecule has 1 aromatic heterocycles. The maximum Gasteiger partial charge on any atom is 0.280 e. The molecular weight excluding hydrogens is 340 g/mol. The molecule has 1 aromatic rings. The Morgan fingerprint density at radius 2 is 2.09 bits per heavy atom. The van der Waals surface area contributed by atoms with Gasteiger partial charge in [0.2, 0.25) is 0 Å². The molecule has 0 amide bonds. The van der Waals surface area contributed by atoms with Crippen molar-refractivity contribution in [2.75, 3.05) is 0 Å². The number of oxime groups is 1. The van der Waals surface area contributed by atoms with E-state index >= 15 is 0 Å². The van der Waals surface area contributed by atoms with E-state index in [4.69, 9.17) is 16.4 Å². The highest BCUT2D eigenvalue weighted by molar-refractivity contribution is 8.05. The van der Waals surface area contributed by atoms with Crippen molar-refractivity contribution >= 4 is 26.5 Å². The number of aryl methyl sites for hydroxylation is 1. The largest absolute Gasteiger partial charge is 0.389 e. The summed E-state index contributed by atoms with van der Waals surface area (Å²) >= 11 is 5.84. The summed E-state index contributed by atoms with van der Waals surface area (Å²) in [6, 6.07) is 0. The molecule has 0 radical (unpaired) electrons. The topological polar surface area (TPSA) is 73.5 Å². The van der Waals surface area contributed by atoms with Gasteiger partial charge in [0.05, 0.1) is 5.75 Å². The molecule has 10 heteroatoms. The van der Waals surface area contributed by atoms with Crippen LogP contribution in [0.1, 0.15) is 44.9 Å². The number of hydrogen-bond acceptors (Lipinski definition) is 5. The van der Waals surface area contributed by atoms with Crippen molar-refractivity contribution in [1.29, 1.82) is 0 Å². The Labute approximate surface area is 132 Å². The summed E-state index contributed by atoms with van der Waals surface area (Å²) < 4.78 is 52.1. The van der Waals surface area contributed by atoms with Crippen LogP contribution in [0.4, 0.5) is 8.78 Å². The van der Waals surface area contributed by atoms with Crippen molar-refractivity contribution in [3.63, 3.8) is 0 Å². The molecule has 0 N–H and O–H groups in total. The van der Waals surface area contributed by atoms with Gasteiger partial charge in [-0.05, 0) is 20.8 Å². The number of alkyl halides is 2. The predicted molar refractivity (Wildman–Crippen MR) is 77.7 cm³/mol. The Kier molecular flexibility index (Phi) is 4.49. The van der Waals surface area contributed by atoms with Crippen LogP contribution in [0.3, 0.4) is 0 Å². The minimum Gasteiger partial charge on any atom is -0.389 e. The van der Waals surface area contributed by atoms with Crippen molar-refractivity contribution in [2.24, 2.45) is 5.16 Å². The molecule has 22 heavy (non-hydrogen) atoms. The third-order valence-corrected chi connectivity index (χ3v) is 5.13. The van der Waals surface area contributed by atoms with Crippen LogP contribution in [0, 0.1) is 0 Å². The zero-order chi connectivity index (χ0) is 16.7. The number of halogens is 3. The van der Waals surface area contributed by atoms with Gasteiger partial charge in [-0.1, -0.05) is 16.8 Å². The fourth-order valence-corrected chi connectivity index (χ4v) is 4.03. The van der Waals surface area contributed by atoms with E-state index in [0.29, 0.717) is 0 Å². The van der Waals surface area contributed by atoms with E-state index in [-0.39, 0.29) is 28.7 Å². The lowest BCUT2D eigenvalue weighted by Crippen LogP contribution is -2.23. The summed E-state index contributed by atoms with van der Waals surface area (Å²) in [6.07, 6.45) is -2.79. The number of nitrogens with zero attached hydrogens (tertiary/aromatic N) is 3. The number of hydrogen-bond donors (Lipinski definition) is 0. The van der Waals surface area contributed by atoms with Gasteiger partial charge in [-0.15, -0.1) is 0 Å². The van der Waals surface area contributed by atoms with E-state index in [1.54, 1.807) is 20.8 Å². The first kappa shape index (κ1) is 17.1. The van der Waals surface area contributed by atoms with Crippen LogP contribution < -0.4 is 0 Å². The summed E-state index contributed by atoms with van der Waals surface area (Å²) in [7, 11) is -3.90. The Morgan fingerprint density at radius 1 is 1.45 bits per heavy atom. The number of rotatable bonds is 4. The first-order valence-corrected chi connectivity index (χ1v) is 8.61. The Balaban J connectivity index is 2.37. The number of aromatic nitrogens is 2. The monoisotopic (exact) mass is 355 g/mol. The molecule has 0 unspecified atom stereocenters. The summed E-state index contributed by atoms with van der Waals surface area (Å²) in [4.78, 5) is 5.02. The van der Waals surface area contributed by atoms with Gasteiger partial charge in [-0.3, -0.25) is 4.68 Å². The molecule has 0 fully saturated rings. The Bertz CT molecular complexity index is 713. The van der Waals surface area contributed by atoms with Crippen molar-refractivity contribution < 1.29 is 22.0 Å². The average molecular weight is 356 g/mol. The summed E-state index contributed by atoms with van der Waals surface area (Å²) in [5.74, 6) is -0.677. The van der Waals surface area contributed by atoms with Crippen LogP contribution in [-0.2, 0) is 27.0 Å². The van der Waals surface area contributed by atoms with Crippen molar-refractivity contribution in [3.05, 3.63) is 16.4 Å². The summed E-state index contributed by atoms with van der Waals surface area (Å²) in [5.41, 5.74) is -1.40. The SMILES string of the molecule is CCn1nc(Cl)c(CS(=O)(=O)C2=NOC(C)(C)C2)c1C(F)F. The molecule has 2 heterocycles. The number of sulfone groups is 1. The molecular formula is C12H16ClF2N3O3S. The van der Waals surface area contributed by atoms with E-state index in [9.17, 15) is 17.2 Å². The van der Waals surface area contributed by atoms with Crippen molar-refractivity contribution in [1.82, 2.24) is 9.78 Å². The van der Waals surface area contributed by atoms with Crippen LogP contribution in [0.15, 0.2) is 5.16 Å². The van der Waals surface area contributed by atoms with Crippen LogP contribution >= 0.6 is 11.6 Å². The van der Waals surface area contributed by atoms with Gasteiger partial charge < -0.3 is 4.84 Å². The third kappa shape index (κ3) is 3.24. The molecule has 1 aliphatic heterocycles. The molecule has 0 saturated carbocycles. The molecule has 6 nitrogen and oxygen atoms in total. The fraction of sp³-hybridized carbons (Fsp3) is 0.667. The van der Waals surface area contributed by atoms with E-state index in [1.807, 2.05) is 0 Å². The third-order valence-electron chi connectivity index (χ3n) is 3.22. The molecule has 0 spiro atoms. The molecule has 124 valence electrons. The van der Waals surface area contributed by atoms with Gasteiger partial charge in [0.15, 0.2) is 20.0 Å². The first-order chi connectivity index (χ1) is 10.1. The zero-order valence-electron chi connectivity index (χ0n) is 12.3. The van der Waals surface area contributed by atoms with Gasteiger partial charge in [0.25, 0.3) is 6.43 Å². The van der Waals surface area contributed by atoms with E-state index < -0.39 is 33.3 Å². The molecule has 0 atom stereocenters. The Morgan fingerprint density at radius 3 is 2.55 bits per heavy atom. The van der Waals surface area contributed by atoms with Gasteiger partial charge in [0, 0.05) is 18.5 Å². The first-order valence-electron chi connectivity index (χ1n) is 6.58. The zero-order valence-corrected chi connectivity index (χ0v) is 13.9. The second kappa shape index (κ2) is 5.77. The molecule has 0 aromatic carbocycles.